The summed E-state index contributed by atoms with van der Waals surface area (Å²) in [5.74, 6) is 0. The molecule has 0 spiro atoms. The quantitative estimate of drug-likeness (QED) is 0.185. The lowest BCUT2D eigenvalue weighted by Gasteiger charge is -2.20. The molecule has 7 nitrogen and oxygen atoms in total. The molecule has 242 valence electrons. The topological polar surface area (TPSA) is 118 Å². The summed E-state index contributed by atoms with van der Waals surface area (Å²) in [4.78, 5) is 0. The number of nitrogens with zero attached hydrogens (tertiary/aromatic N) is 6. The van der Waals surface area contributed by atoms with Gasteiger partial charge in [-0.2, -0.15) is 21.0 Å². The SMILES string of the molecule is N#Cc1ccc(-c2ccc(C#N)c(-n3c4ccccc4c4ccccc43)c2C#N)c(-n2c3ccccc3c3cc4oc5ccccc5c4cc32)c1C#N. The van der Waals surface area contributed by atoms with Gasteiger partial charge in [0.05, 0.1) is 55.7 Å². The smallest absolute Gasteiger partial charge is 0.136 e. The molecule has 0 bridgehead atoms. The third kappa shape index (κ3) is 4.05. The Balaban J connectivity index is 1.37. The van der Waals surface area contributed by atoms with E-state index >= 15 is 0 Å². The highest BCUT2D eigenvalue weighted by Crippen LogP contribution is 2.44. The molecule has 7 aromatic carbocycles. The van der Waals surface area contributed by atoms with E-state index in [0.717, 1.165) is 65.6 Å². The maximum absolute atomic E-state index is 11.1. The van der Waals surface area contributed by atoms with Crippen LogP contribution < -0.4 is 0 Å². The second kappa shape index (κ2) is 11.2. The van der Waals surface area contributed by atoms with Crippen LogP contribution in [0.25, 0.3) is 88.1 Å². The second-order valence-electron chi connectivity index (χ2n) is 12.9. The van der Waals surface area contributed by atoms with Crippen LogP contribution in [0.1, 0.15) is 22.3 Å². The Hall–Kier alpha value is -8.10. The molecule has 0 atom stereocenters. The average molecular weight is 675 g/mol. The van der Waals surface area contributed by atoms with Gasteiger partial charge in [0.15, 0.2) is 0 Å². The van der Waals surface area contributed by atoms with Gasteiger partial charge >= 0.3 is 0 Å². The van der Waals surface area contributed by atoms with E-state index < -0.39 is 0 Å². The first-order valence-electron chi connectivity index (χ1n) is 16.9. The monoisotopic (exact) mass is 674 g/mol. The zero-order chi connectivity index (χ0) is 35.8. The van der Waals surface area contributed by atoms with E-state index in [0.29, 0.717) is 28.1 Å². The van der Waals surface area contributed by atoms with Gasteiger partial charge in [-0.1, -0.05) is 84.9 Å². The average Bonchev–Trinajstić information content (AvgIpc) is 3.86. The summed E-state index contributed by atoms with van der Waals surface area (Å²) in [5.41, 5.74) is 7.87. The fourth-order valence-corrected chi connectivity index (χ4v) is 8.09. The predicted octanol–water partition coefficient (Wildman–Crippen LogP) is 10.9. The lowest BCUT2D eigenvalue weighted by molar-refractivity contribution is 0.669. The van der Waals surface area contributed by atoms with Gasteiger partial charge in [0.2, 0.25) is 0 Å². The number of aromatic nitrogens is 2. The van der Waals surface area contributed by atoms with Crippen molar-refractivity contribution in [2.24, 2.45) is 0 Å². The van der Waals surface area contributed by atoms with Crippen LogP contribution in [0.3, 0.4) is 0 Å². The van der Waals surface area contributed by atoms with Gasteiger partial charge in [0, 0.05) is 43.4 Å². The highest BCUT2D eigenvalue weighted by Gasteiger charge is 2.27. The van der Waals surface area contributed by atoms with Crippen LogP contribution in [0.15, 0.2) is 138 Å². The van der Waals surface area contributed by atoms with E-state index in [1.165, 1.54) is 0 Å². The van der Waals surface area contributed by atoms with Crippen molar-refractivity contribution in [3.05, 3.63) is 156 Å². The molecule has 0 aliphatic heterocycles. The van der Waals surface area contributed by atoms with E-state index in [4.69, 9.17) is 4.42 Å². The first-order valence-corrected chi connectivity index (χ1v) is 16.9. The van der Waals surface area contributed by atoms with Crippen LogP contribution in [0.5, 0.6) is 0 Å². The van der Waals surface area contributed by atoms with E-state index in [1.54, 1.807) is 24.3 Å². The van der Waals surface area contributed by atoms with Crippen molar-refractivity contribution in [3.63, 3.8) is 0 Å². The van der Waals surface area contributed by atoms with Crippen LogP contribution in [0, 0.1) is 45.3 Å². The van der Waals surface area contributed by atoms with Crippen LogP contribution in [0.2, 0.25) is 0 Å². The predicted molar refractivity (Wildman–Crippen MR) is 207 cm³/mol. The first-order chi connectivity index (χ1) is 26.1. The zero-order valence-electron chi connectivity index (χ0n) is 27.8. The molecule has 0 saturated heterocycles. The van der Waals surface area contributed by atoms with Gasteiger partial charge in [-0.05, 0) is 48.5 Å². The van der Waals surface area contributed by atoms with Gasteiger partial charge < -0.3 is 13.6 Å². The van der Waals surface area contributed by atoms with Gasteiger partial charge in [-0.25, -0.2) is 0 Å². The zero-order valence-corrected chi connectivity index (χ0v) is 27.8. The normalized spacial score (nSPS) is 11.3. The Labute approximate surface area is 301 Å². The Morgan fingerprint density at radius 1 is 0.377 bits per heavy atom. The molecule has 0 amide bonds. The number of furan rings is 1. The minimum Gasteiger partial charge on any atom is -0.456 e. The summed E-state index contributed by atoms with van der Waals surface area (Å²) >= 11 is 0. The third-order valence-corrected chi connectivity index (χ3v) is 10.3. The number of benzene rings is 7. The number of hydrogen-bond donors (Lipinski definition) is 0. The van der Waals surface area contributed by atoms with E-state index in [1.807, 2.05) is 112 Å². The molecule has 3 aromatic heterocycles. The summed E-state index contributed by atoms with van der Waals surface area (Å²) in [5, 5.41) is 48.5. The van der Waals surface area contributed by atoms with E-state index in [-0.39, 0.29) is 16.7 Å². The molecule has 0 unspecified atom stereocenters. The molecule has 10 aromatic rings. The Bertz CT molecular complexity index is 3350. The van der Waals surface area contributed by atoms with Crippen molar-refractivity contribution in [2.45, 2.75) is 0 Å². The van der Waals surface area contributed by atoms with Gasteiger partial charge in [0.25, 0.3) is 0 Å². The second-order valence-corrected chi connectivity index (χ2v) is 12.9. The maximum Gasteiger partial charge on any atom is 0.136 e. The molecular formula is C46H22N6O. The number of rotatable bonds is 3. The first kappa shape index (κ1) is 29.8. The standard InChI is InChI=1S/C46H22N6O/c47-23-27-17-20-34(29-19-18-28(24-48)45(38(29)26-50)51-39-13-5-1-9-30(39)31-10-2-6-14-40(31)51)46(37(27)25-49)52-41-15-7-3-11-32(41)35-22-44-36(21-42(35)52)33-12-4-8-16-43(33)53-44/h1-22H. The van der Waals surface area contributed by atoms with Crippen LogP contribution in [-0.2, 0) is 0 Å². The lowest BCUT2D eigenvalue weighted by atomic mass is 9.91. The van der Waals surface area contributed by atoms with Gasteiger partial charge in [0.1, 0.15) is 35.4 Å². The molecule has 7 heteroatoms. The van der Waals surface area contributed by atoms with Crippen LogP contribution in [-0.4, -0.2) is 9.13 Å². The minimum atomic E-state index is 0.177. The summed E-state index contributed by atoms with van der Waals surface area (Å²) < 4.78 is 10.3. The van der Waals surface area contributed by atoms with Crippen LogP contribution in [0.4, 0.5) is 0 Å². The third-order valence-electron chi connectivity index (χ3n) is 10.3. The van der Waals surface area contributed by atoms with Crippen molar-refractivity contribution in [3.8, 4) is 46.8 Å². The number of fused-ring (bicyclic) bond motifs is 9. The van der Waals surface area contributed by atoms with E-state index in [9.17, 15) is 21.0 Å². The molecule has 0 fully saturated rings. The number of nitriles is 4. The molecule has 0 radical (unpaired) electrons. The highest BCUT2D eigenvalue weighted by molar-refractivity contribution is 6.17. The Morgan fingerprint density at radius 2 is 0.906 bits per heavy atom. The largest absolute Gasteiger partial charge is 0.456 e. The summed E-state index contributed by atoms with van der Waals surface area (Å²) in [6.45, 7) is 0. The highest BCUT2D eigenvalue weighted by atomic mass is 16.3. The van der Waals surface area contributed by atoms with Crippen molar-refractivity contribution in [1.82, 2.24) is 9.13 Å². The van der Waals surface area contributed by atoms with Gasteiger partial charge in [-0.15, -0.1) is 0 Å². The van der Waals surface area contributed by atoms with Crippen molar-refractivity contribution in [1.29, 1.82) is 21.0 Å². The van der Waals surface area contributed by atoms with Crippen molar-refractivity contribution in [2.75, 3.05) is 0 Å². The number of hydrogen-bond acceptors (Lipinski definition) is 5. The lowest BCUT2D eigenvalue weighted by Crippen LogP contribution is -2.06. The molecule has 0 aliphatic rings. The Morgan fingerprint density at radius 3 is 1.53 bits per heavy atom. The minimum absolute atomic E-state index is 0.177. The molecule has 10 rings (SSSR count). The molecule has 0 N–H and O–H groups in total. The Kier molecular flexibility index (Phi) is 6.30. The van der Waals surface area contributed by atoms with Gasteiger partial charge in [-0.3, -0.25) is 0 Å². The summed E-state index contributed by atoms with van der Waals surface area (Å²) in [7, 11) is 0. The van der Waals surface area contributed by atoms with Crippen molar-refractivity contribution >= 4 is 65.6 Å². The molecule has 3 heterocycles. The van der Waals surface area contributed by atoms with Crippen molar-refractivity contribution < 1.29 is 4.42 Å². The summed E-state index contributed by atoms with van der Waals surface area (Å²) in [6.07, 6.45) is 0. The van der Waals surface area contributed by atoms with Crippen LogP contribution >= 0.6 is 0 Å². The molecular weight excluding hydrogens is 653 g/mol. The fourth-order valence-electron chi connectivity index (χ4n) is 8.09. The molecule has 0 saturated carbocycles. The molecule has 0 aliphatic carbocycles. The number of para-hydroxylation sites is 4. The maximum atomic E-state index is 11.1. The molecule has 53 heavy (non-hydrogen) atoms. The van der Waals surface area contributed by atoms with E-state index in [2.05, 4.69) is 30.3 Å². The summed E-state index contributed by atoms with van der Waals surface area (Å²) in [6, 6.07) is 52.2. The fraction of sp³-hybridized carbons (Fsp3) is 0.